The van der Waals surface area contributed by atoms with E-state index in [-0.39, 0.29) is 17.8 Å². The molecular formula is C9H15N5O2. The second-order valence-electron chi connectivity index (χ2n) is 3.66. The molecule has 16 heavy (non-hydrogen) atoms. The van der Waals surface area contributed by atoms with Crippen molar-refractivity contribution in [3.8, 4) is 0 Å². The molecule has 1 unspecified atom stereocenters. The van der Waals surface area contributed by atoms with Crippen molar-refractivity contribution in [1.29, 1.82) is 0 Å². The number of carbonyl (C=O) groups excluding carboxylic acids is 1. The highest BCUT2D eigenvalue weighted by molar-refractivity contribution is 5.90. The minimum atomic E-state index is -0.128. The van der Waals surface area contributed by atoms with Crippen LogP contribution in [0, 0.1) is 0 Å². The van der Waals surface area contributed by atoms with Crippen LogP contribution in [0.4, 0.5) is 0 Å². The average molecular weight is 225 g/mol. The summed E-state index contributed by atoms with van der Waals surface area (Å²) in [5.41, 5.74) is 5.35. The highest BCUT2D eigenvalue weighted by atomic mass is 16.5. The number of hydrogen-bond donors (Lipinski definition) is 2. The summed E-state index contributed by atoms with van der Waals surface area (Å²) in [5, 5.41) is 6.21. The lowest BCUT2D eigenvalue weighted by atomic mass is 10.3. The highest BCUT2D eigenvalue weighted by Gasteiger charge is 2.28. The van der Waals surface area contributed by atoms with Crippen LogP contribution in [-0.4, -0.2) is 58.3 Å². The number of aromatic nitrogens is 3. The Morgan fingerprint density at radius 3 is 3.31 bits per heavy atom. The van der Waals surface area contributed by atoms with Crippen molar-refractivity contribution in [3.05, 3.63) is 12.2 Å². The van der Waals surface area contributed by atoms with Crippen molar-refractivity contribution in [2.24, 2.45) is 5.73 Å². The Bertz CT molecular complexity index is 340. The lowest BCUT2D eigenvalue weighted by molar-refractivity contribution is 0.0568. The largest absolute Gasteiger partial charge is 0.375 e. The Labute approximate surface area is 93.0 Å². The summed E-state index contributed by atoms with van der Waals surface area (Å²) in [4.78, 5) is 17.4. The number of rotatable bonds is 4. The van der Waals surface area contributed by atoms with E-state index < -0.39 is 0 Å². The average Bonchev–Trinajstić information content (AvgIpc) is 2.96. The molecule has 3 N–H and O–H groups in total. The molecule has 88 valence electrons. The van der Waals surface area contributed by atoms with E-state index in [1.165, 1.54) is 6.33 Å². The molecule has 0 spiro atoms. The smallest absolute Gasteiger partial charge is 0.291 e. The first kappa shape index (κ1) is 11.0. The van der Waals surface area contributed by atoms with Gasteiger partial charge in [-0.05, 0) is 6.42 Å². The molecule has 0 radical (unpaired) electrons. The van der Waals surface area contributed by atoms with Crippen molar-refractivity contribution in [2.45, 2.75) is 12.5 Å². The molecule has 0 aliphatic carbocycles. The molecule has 1 fully saturated rings. The number of amides is 1. The number of ether oxygens (including phenoxy) is 1. The van der Waals surface area contributed by atoms with E-state index >= 15 is 0 Å². The number of nitrogens with zero attached hydrogens (tertiary/aromatic N) is 3. The minimum absolute atomic E-state index is 0.0930. The predicted molar refractivity (Wildman–Crippen MR) is 55.7 cm³/mol. The van der Waals surface area contributed by atoms with Gasteiger partial charge in [-0.2, -0.15) is 5.10 Å². The van der Waals surface area contributed by atoms with Crippen LogP contribution in [0.25, 0.3) is 0 Å². The van der Waals surface area contributed by atoms with Crippen LogP contribution >= 0.6 is 0 Å². The van der Waals surface area contributed by atoms with Crippen LogP contribution in [0.15, 0.2) is 6.33 Å². The van der Waals surface area contributed by atoms with Crippen LogP contribution in [-0.2, 0) is 4.74 Å². The molecule has 1 aromatic heterocycles. The second kappa shape index (κ2) is 5.04. The maximum atomic E-state index is 11.8. The number of carbonyl (C=O) groups is 1. The SMILES string of the molecule is NCCOC1CCN(C(=O)c2ncn[nH]2)C1. The molecule has 7 heteroatoms. The molecule has 1 atom stereocenters. The molecule has 1 aliphatic heterocycles. The van der Waals surface area contributed by atoms with Crippen LogP contribution in [0.3, 0.4) is 0 Å². The van der Waals surface area contributed by atoms with Crippen LogP contribution < -0.4 is 5.73 Å². The molecule has 1 aliphatic rings. The fourth-order valence-electron chi connectivity index (χ4n) is 1.74. The van der Waals surface area contributed by atoms with Crippen LogP contribution in [0.1, 0.15) is 17.0 Å². The Morgan fingerprint density at radius 1 is 1.75 bits per heavy atom. The van der Waals surface area contributed by atoms with Gasteiger partial charge in [0.25, 0.3) is 5.91 Å². The molecule has 2 heterocycles. The van der Waals surface area contributed by atoms with Gasteiger partial charge < -0.3 is 15.4 Å². The first-order chi connectivity index (χ1) is 7.81. The summed E-state index contributed by atoms with van der Waals surface area (Å²) in [6.07, 6.45) is 2.27. The minimum Gasteiger partial charge on any atom is -0.375 e. The van der Waals surface area contributed by atoms with Crippen LogP contribution in [0.2, 0.25) is 0 Å². The molecule has 0 aromatic carbocycles. The highest BCUT2D eigenvalue weighted by Crippen LogP contribution is 2.14. The summed E-state index contributed by atoms with van der Waals surface area (Å²) in [6.45, 7) is 2.33. The number of H-pyrrole nitrogens is 1. The van der Waals surface area contributed by atoms with E-state index in [9.17, 15) is 4.79 Å². The maximum absolute atomic E-state index is 11.8. The molecule has 0 bridgehead atoms. The zero-order valence-corrected chi connectivity index (χ0v) is 8.93. The van der Waals surface area contributed by atoms with Gasteiger partial charge in [0.1, 0.15) is 6.33 Å². The van der Waals surface area contributed by atoms with E-state index in [1.807, 2.05) is 0 Å². The normalized spacial score (nSPS) is 20.3. The summed E-state index contributed by atoms with van der Waals surface area (Å²) >= 11 is 0. The van der Waals surface area contributed by atoms with E-state index in [1.54, 1.807) is 4.90 Å². The Morgan fingerprint density at radius 2 is 2.62 bits per heavy atom. The standard InChI is InChI=1S/C9H15N5O2/c10-2-4-16-7-1-3-14(5-7)9(15)8-11-6-12-13-8/h6-7H,1-5,10H2,(H,11,12,13). The van der Waals surface area contributed by atoms with Gasteiger partial charge in [0.2, 0.25) is 5.82 Å². The van der Waals surface area contributed by atoms with Gasteiger partial charge in [0, 0.05) is 19.6 Å². The second-order valence-corrected chi connectivity index (χ2v) is 3.66. The first-order valence-electron chi connectivity index (χ1n) is 5.27. The van der Waals surface area contributed by atoms with Gasteiger partial charge in [-0.3, -0.25) is 9.89 Å². The quantitative estimate of drug-likeness (QED) is 0.684. The van der Waals surface area contributed by atoms with Gasteiger partial charge >= 0.3 is 0 Å². The Balaban J connectivity index is 1.86. The molecule has 7 nitrogen and oxygen atoms in total. The number of aromatic amines is 1. The van der Waals surface area contributed by atoms with Crippen molar-refractivity contribution in [3.63, 3.8) is 0 Å². The first-order valence-corrected chi connectivity index (χ1v) is 5.27. The summed E-state index contributed by atoms with van der Waals surface area (Å²) in [6, 6.07) is 0. The topological polar surface area (TPSA) is 97.1 Å². The van der Waals surface area contributed by atoms with Crippen LogP contribution in [0.5, 0.6) is 0 Å². The lowest BCUT2D eigenvalue weighted by Crippen LogP contribution is -2.31. The third kappa shape index (κ3) is 2.37. The number of nitrogens with two attached hydrogens (primary N) is 1. The van der Waals surface area contributed by atoms with Crippen molar-refractivity contribution < 1.29 is 9.53 Å². The molecule has 1 saturated heterocycles. The third-order valence-corrected chi connectivity index (χ3v) is 2.52. The van der Waals surface area contributed by atoms with Gasteiger partial charge in [-0.1, -0.05) is 0 Å². The fraction of sp³-hybridized carbons (Fsp3) is 0.667. The van der Waals surface area contributed by atoms with Gasteiger partial charge in [-0.15, -0.1) is 0 Å². The van der Waals surface area contributed by atoms with Crippen molar-refractivity contribution >= 4 is 5.91 Å². The third-order valence-electron chi connectivity index (χ3n) is 2.52. The Hall–Kier alpha value is -1.47. The summed E-state index contributed by atoms with van der Waals surface area (Å²) < 4.78 is 5.48. The number of hydrogen-bond acceptors (Lipinski definition) is 5. The van der Waals surface area contributed by atoms with Crippen molar-refractivity contribution in [1.82, 2.24) is 20.1 Å². The Kier molecular flexibility index (Phi) is 3.47. The van der Waals surface area contributed by atoms with Gasteiger partial charge in [0.15, 0.2) is 0 Å². The van der Waals surface area contributed by atoms with E-state index in [2.05, 4.69) is 15.2 Å². The molecule has 0 saturated carbocycles. The monoisotopic (exact) mass is 225 g/mol. The van der Waals surface area contributed by atoms with E-state index in [0.717, 1.165) is 6.42 Å². The van der Waals surface area contributed by atoms with E-state index in [4.69, 9.17) is 10.5 Å². The van der Waals surface area contributed by atoms with Gasteiger partial charge in [-0.25, -0.2) is 4.98 Å². The molecule has 1 aromatic rings. The number of likely N-dealkylation sites (tertiary alicyclic amines) is 1. The fourth-order valence-corrected chi connectivity index (χ4v) is 1.74. The molecular weight excluding hydrogens is 210 g/mol. The summed E-state index contributed by atoms with van der Waals surface area (Å²) in [7, 11) is 0. The summed E-state index contributed by atoms with van der Waals surface area (Å²) in [5.74, 6) is 0.149. The molecule has 2 rings (SSSR count). The zero-order valence-electron chi connectivity index (χ0n) is 8.93. The van der Waals surface area contributed by atoms with E-state index in [0.29, 0.717) is 26.2 Å². The predicted octanol–water partition coefficient (Wildman–Crippen LogP) is -1.01. The molecule has 1 amide bonds. The number of nitrogens with one attached hydrogen (secondary N) is 1. The maximum Gasteiger partial charge on any atom is 0.291 e. The zero-order chi connectivity index (χ0) is 11.4. The van der Waals surface area contributed by atoms with Crippen molar-refractivity contribution in [2.75, 3.05) is 26.2 Å². The van der Waals surface area contributed by atoms with Gasteiger partial charge in [0.05, 0.1) is 12.7 Å². The lowest BCUT2D eigenvalue weighted by Gasteiger charge is -2.14.